The Kier molecular flexibility index (Phi) is 5.88. The summed E-state index contributed by atoms with van der Waals surface area (Å²) in [6, 6.07) is 58.7. The third kappa shape index (κ3) is 4.24. The van der Waals surface area contributed by atoms with Crippen molar-refractivity contribution in [3.63, 3.8) is 0 Å². The van der Waals surface area contributed by atoms with E-state index in [9.17, 15) is 0 Å². The van der Waals surface area contributed by atoms with Crippen LogP contribution in [0.5, 0.6) is 0 Å². The lowest BCUT2D eigenvalue weighted by Crippen LogP contribution is -2.12. The van der Waals surface area contributed by atoms with Crippen molar-refractivity contribution in [2.75, 3.05) is 4.90 Å². The molecule has 7 rings (SSSR count). The summed E-state index contributed by atoms with van der Waals surface area (Å²) in [5.41, 5.74) is 8.23. The van der Waals surface area contributed by atoms with Crippen molar-refractivity contribution in [2.24, 2.45) is 0 Å². The molecule has 0 amide bonds. The third-order valence-electron chi connectivity index (χ3n) is 7.43. The molecule has 39 heavy (non-hydrogen) atoms. The molecule has 0 bridgehead atoms. The van der Waals surface area contributed by atoms with E-state index in [2.05, 4.69) is 169 Å². The minimum Gasteiger partial charge on any atom is -0.309 e. The molecule has 0 saturated carbocycles. The average molecular weight is 498 g/mol. The van der Waals surface area contributed by atoms with Crippen molar-refractivity contribution in [1.82, 2.24) is 0 Å². The maximum atomic E-state index is 2.43. The summed E-state index contributed by atoms with van der Waals surface area (Å²) in [5.74, 6) is 0. The fourth-order valence-corrected chi connectivity index (χ4v) is 5.61. The molecule has 0 aromatic heterocycles. The minimum atomic E-state index is 1.13. The third-order valence-corrected chi connectivity index (χ3v) is 7.43. The lowest BCUT2D eigenvalue weighted by atomic mass is 9.97. The molecule has 0 spiro atoms. The summed E-state index contributed by atoms with van der Waals surface area (Å²) < 4.78 is 0. The Balaban J connectivity index is 1.55. The van der Waals surface area contributed by atoms with Crippen LogP contribution >= 0.6 is 0 Å². The molecular formula is C38H27N. The maximum absolute atomic E-state index is 2.43. The molecular weight excluding hydrogens is 470 g/mol. The maximum Gasteiger partial charge on any atom is 0.0546 e. The van der Waals surface area contributed by atoms with Crippen molar-refractivity contribution in [1.29, 1.82) is 0 Å². The highest BCUT2D eigenvalue weighted by atomic mass is 15.1. The molecule has 0 radical (unpaired) electrons. The van der Waals surface area contributed by atoms with Gasteiger partial charge in [0.25, 0.3) is 0 Å². The molecule has 1 heteroatoms. The number of rotatable bonds is 5. The molecule has 1 nitrogen and oxygen atoms in total. The molecule has 0 saturated heterocycles. The van der Waals surface area contributed by atoms with E-state index in [4.69, 9.17) is 0 Å². The van der Waals surface area contributed by atoms with E-state index in [1.54, 1.807) is 0 Å². The van der Waals surface area contributed by atoms with E-state index in [1.165, 1.54) is 43.8 Å². The van der Waals surface area contributed by atoms with Crippen LogP contribution in [0, 0.1) is 0 Å². The van der Waals surface area contributed by atoms with Gasteiger partial charge in [0.1, 0.15) is 0 Å². The Morgan fingerprint density at radius 2 is 0.923 bits per heavy atom. The number of hydrogen-bond donors (Lipinski definition) is 0. The van der Waals surface area contributed by atoms with Crippen molar-refractivity contribution >= 4 is 38.6 Å². The smallest absolute Gasteiger partial charge is 0.0546 e. The predicted octanol–water partition coefficient (Wildman–Crippen LogP) is 10.8. The summed E-state index contributed by atoms with van der Waals surface area (Å²) in [7, 11) is 0. The van der Waals surface area contributed by atoms with Gasteiger partial charge in [-0.1, -0.05) is 140 Å². The van der Waals surface area contributed by atoms with Gasteiger partial charge in [-0.25, -0.2) is 0 Å². The van der Waals surface area contributed by atoms with Crippen molar-refractivity contribution < 1.29 is 0 Å². The molecule has 0 heterocycles. The highest BCUT2D eigenvalue weighted by Gasteiger charge is 2.20. The standard InChI is InChI=1S/C38H27N/c1-3-14-28(15-4-1)30-19-13-20-32(26-30)39(37-25-12-11-22-34(37)29-16-5-2-6-17-29)38-27-31-18-7-8-21-33(31)35-23-9-10-24-36(35)38/h1-27H. The Morgan fingerprint density at radius 3 is 1.72 bits per heavy atom. The molecule has 7 aromatic rings. The first-order chi connectivity index (χ1) is 19.4. The first-order valence-electron chi connectivity index (χ1n) is 13.4. The van der Waals surface area contributed by atoms with E-state index in [0.717, 1.165) is 17.1 Å². The Labute approximate surface area is 229 Å². The van der Waals surface area contributed by atoms with Gasteiger partial charge in [-0.05, 0) is 57.1 Å². The highest BCUT2D eigenvalue weighted by molar-refractivity contribution is 6.15. The van der Waals surface area contributed by atoms with Gasteiger partial charge < -0.3 is 4.90 Å². The van der Waals surface area contributed by atoms with Crippen LogP contribution in [0.25, 0.3) is 43.8 Å². The Bertz CT molecular complexity index is 1910. The van der Waals surface area contributed by atoms with Gasteiger partial charge in [0.15, 0.2) is 0 Å². The van der Waals surface area contributed by atoms with Crippen molar-refractivity contribution in [3.8, 4) is 22.3 Å². The van der Waals surface area contributed by atoms with Gasteiger partial charge in [-0.15, -0.1) is 0 Å². The van der Waals surface area contributed by atoms with E-state index in [1.807, 2.05) is 0 Å². The van der Waals surface area contributed by atoms with E-state index < -0.39 is 0 Å². The second kappa shape index (κ2) is 9.96. The van der Waals surface area contributed by atoms with Gasteiger partial charge in [-0.2, -0.15) is 0 Å². The van der Waals surface area contributed by atoms with E-state index >= 15 is 0 Å². The molecule has 7 aromatic carbocycles. The van der Waals surface area contributed by atoms with Crippen molar-refractivity contribution in [2.45, 2.75) is 0 Å². The lowest BCUT2D eigenvalue weighted by molar-refractivity contribution is 1.30. The van der Waals surface area contributed by atoms with Crippen LogP contribution in [0.4, 0.5) is 17.1 Å². The molecule has 0 atom stereocenters. The van der Waals surface area contributed by atoms with Crippen LogP contribution in [0.15, 0.2) is 164 Å². The Hall–Kier alpha value is -5.14. The predicted molar refractivity (Wildman–Crippen MR) is 167 cm³/mol. The first-order valence-corrected chi connectivity index (χ1v) is 13.4. The zero-order valence-electron chi connectivity index (χ0n) is 21.5. The SMILES string of the molecule is c1ccc(-c2cccc(N(c3ccccc3-c3ccccc3)c3cc4ccccc4c4ccccc34)c2)cc1. The monoisotopic (exact) mass is 497 g/mol. The van der Waals surface area contributed by atoms with Gasteiger partial charge in [0.05, 0.1) is 11.4 Å². The number of anilines is 3. The highest BCUT2D eigenvalue weighted by Crippen LogP contribution is 2.45. The van der Waals surface area contributed by atoms with Crippen LogP contribution in [-0.4, -0.2) is 0 Å². The summed E-state index contributed by atoms with van der Waals surface area (Å²) in [6.07, 6.45) is 0. The lowest BCUT2D eigenvalue weighted by Gasteiger charge is -2.30. The molecule has 0 unspecified atom stereocenters. The molecule has 0 aliphatic heterocycles. The van der Waals surface area contributed by atoms with Crippen LogP contribution in [0.3, 0.4) is 0 Å². The first kappa shape index (κ1) is 23.0. The van der Waals surface area contributed by atoms with Crippen LogP contribution in [0.2, 0.25) is 0 Å². The van der Waals surface area contributed by atoms with Crippen LogP contribution < -0.4 is 4.90 Å². The number of para-hydroxylation sites is 1. The number of nitrogens with zero attached hydrogens (tertiary/aromatic N) is 1. The normalized spacial score (nSPS) is 11.1. The summed E-state index contributed by atoms with van der Waals surface area (Å²) in [4.78, 5) is 2.43. The van der Waals surface area contributed by atoms with Crippen LogP contribution in [0.1, 0.15) is 0 Å². The number of benzene rings is 7. The number of hydrogen-bond acceptors (Lipinski definition) is 1. The molecule has 0 aliphatic rings. The van der Waals surface area contributed by atoms with Gasteiger partial charge in [0.2, 0.25) is 0 Å². The molecule has 184 valence electrons. The van der Waals surface area contributed by atoms with Crippen molar-refractivity contribution in [3.05, 3.63) is 164 Å². The van der Waals surface area contributed by atoms with Gasteiger partial charge in [-0.3, -0.25) is 0 Å². The van der Waals surface area contributed by atoms with E-state index in [-0.39, 0.29) is 0 Å². The second-order valence-corrected chi connectivity index (χ2v) is 9.80. The summed E-state index contributed by atoms with van der Waals surface area (Å²) in [6.45, 7) is 0. The molecule has 0 fully saturated rings. The number of fused-ring (bicyclic) bond motifs is 3. The largest absolute Gasteiger partial charge is 0.309 e. The topological polar surface area (TPSA) is 3.24 Å². The zero-order chi connectivity index (χ0) is 26.0. The Morgan fingerprint density at radius 1 is 0.333 bits per heavy atom. The fraction of sp³-hybridized carbons (Fsp3) is 0. The average Bonchev–Trinajstić information content (AvgIpc) is 3.02. The molecule has 0 N–H and O–H groups in total. The summed E-state index contributed by atoms with van der Waals surface area (Å²) in [5, 5.41) is 4.98. The van der Waals surface area contributed by atoms with E-state index in [0.29, 0.717) is 0 Å². The molecule has 0 aliphatic carbocycles. The quantitative estimate of drug-likeness (QED) is 0.214. The van der Waals surface area contributed by atoms with Gasteiger partial charge in [0, 0.05) is 16.6 Å². The van der Waals surface area contributed by atoms with Gasteiger partial charge >= 0.3 is 0 Å². The summed E-state index contributed by atoms with van der Waals surface area (Å²) >= 11 is 0. The van der Waals surface area contributed by atoms with Crippen LogP contribution in [-0.2, 0) is 0 Å². The second-order valence-electron chi connectivity index (χ2n) is 9.80. The zero-order valence-corrected chi connectivity index (χ0v) is 21.5. The minimum absolute atomic E-state index is 1.13. The fourth-order valence-electron chi connectivity index (χ4n) is 5.61.